The molecule has 0 radical (unpaired) electrons. The van der Waals surface area contributed by atoms with Crippen LogP contribution >= 0.6 is 24.0 Å². The molecule has 0 aliphatic rings. The highest BCUT2D eigenvalue weighted by atomic mass is 32.2. The van der Waals surface area contributed by atoms with E-state index in [1.807, 2.05) is 0 Å². The Bertz CT molecular complexity index is 192. The minimum atomic E-state index is 0.708. The largest absolute Gasteiger partial charge is 0.298 e. The number of carbonyl (C=O) groups is 1. The SMILES string of the molecule is O=Cc1csc(S)c1. The number of hydrogen-bond donors (Lipinski definition) is 1. The number of carbonyl (C=O) groups excluding carboxylic acids is 1. The van der Waals surface area contributed by atoms with E-state index in [-0.39, 0.29) is 0 Å². The molecule has 0 aliphatic heterocycles. The lowest BCUT2D eigenvalue weighted by Gasteiger charge is -1.69. The van der Waals surface area contributed by atoms with Gasteiger partial charge in [-0.3, -0.25) is 4.79 Å². The molecule has 0 saturated heterocycles. The quantitative estimate of drug-likeness (QED) is 0.470. The maximum Gasteiger partial charge on any atom is 0.150 e. The van der Waals surface area contributed by atoms with Gasteiger partial charge in [0.15, 0.2) is 6.29 Å². The highest BCUT2D eigenvalue weighted by Gasteiger charge is 1.90. The molecule has 0 aliphatic carbocycles. The normalized spacial score (nSPS) is 9.12. The Morgan fingerprint density at radius 3 is 2.75 bits per heavy atom. The van der Waals surface area contributed by atoms with Crippen LogP contribution in [0.15, 0.2) is 15.7 Å². The third-order valence-electron chi connectivity index (χ3n) is 0.742. The van der Waals surface area contributed by atoms with Gasteiger partial charge in [0.2, 0.25) is 0 Å². The predicted molar refractivity (Wildman–Crippen MR) is 37.0 cm³/mol. The van der Waals surface area contributed by atoms with Crippen LogP contribution < -0.4 is 0 Å². The van der Waals surface area contributed by atoms with E-state index in [2.05, 4.69) is 12.6 Å². The lowest BCUT2D eigenvalue weighted by molar-refractivity contribution is 0.112. The molecule has 3 heteroatoms. The van der Waals surface area contributed by atoms with Gasteiger partial charge in [0, 0.05) is 10.9 Å². The minimum absolute atomic E-state index is 0.708. The molecular formula is C5H4OS2. The van der Waals surface area contributed by atoms with Gasteiger partial charge in [-0.05, 0) is 6.07 Å². The van der Waals surface area contributed by atoms with Gasteiger partial charge < -0.3 is 0 Å². The van der Waals surface area contributed by atoms with Crippen LogP contribution in [0.5, 0.6) is 0 Å². The molecule has 1 heterocycles. The average molecular weight is 144 g/mol. The smallest absolute Gasteiger partial charge is 0.150 e. The van der Waals surface area contributed by atoms with Crippen molar-refractivity contribution in [3.63, 3.8) is 0 Å². The highest BCUT2D eigenvalue weighted by Crippen LogP contribution is 2.15. The van der Waals surface area contributed by atoms with Crippen molar-refractivity contribution >= 4 is 30.3 Å². The molecule has 42 valence electrons. The highest BCUT2D eigenvalue weighted by molar-refractivity contribution is 7.82. The van der Waals surface area contributed by atoms with Crippen LogP contribution in [0.25, 0.3) is 0 Å². The van der Waals surface area contributed by atoms with E-state index >= 15 is 0 Å². The van der Waals surface area contributed by atoms with Crippen molar-refractivity contribution in [2.45, 2.75) is 4.21 Å². The Labute approximate surface area is 56.8 Å². The molecule has 0 N–H and O–H groups in total. The van der Waals surface area contributed by atoms with E-state index < -0.39 is 0 Å². The Hall–Kier alpha value is -0.280. The standard InChI is InChI=1S/C5H4OS2/c6-2-4-1-5(7)8-3-4/h1-3,7H. The molecule has 8 heavy (non-hydrogen) atoms. The first-order chi connectivity index (χ1) is 3.83. The lowest BCUT2D eigenvalue weighted by Crippen LogP contribution is -1.65. The molecule has 0 atom stereocenters. The summed E-state index contributed by atoms with van der Waals surface area (Å²) in [7, 11) is 0. The van der Waals surface area contributed by atoms with Gasteiger partial charge in [-0.15, -0.1) is 24.0 Å². The van der Waals surface area contributed by atoms with Crippen LogP contribution in [0, 0.1) is 0 Å². The first-order valence-electron chi connectivity index (χ1n) is 2.05. The summed E-state index contributed by atoms with van der Waals surface area (Å²) in [6.07, 6.45) is 0.816. The Morgan fingerprint density at radius 2 is 2.50 bits per heavy atom. The summed E-state index contributed by atoms with van der Waals surface area (Å²) >= 11 is 5.48. The third kappa shape index (κ3) is 1.11. The first kappa shape index (κ1) is 5.85. The Morgan fingerprint density at radius 1 is 1.75 bits per heavy atom. The van der Waals surface area contributed by atoms with E-state index in [0.29, 0.717) is 5.56 Å². The number of thiol groups is 1. The maximum atomic E-state index is 9.99. The van der Waals surface area contributed by atoms with Crippen molar-refractivity contribution in [2.75, 3.05) is 0 Å². The lowest BCUT2D eigenvalue weighted by atomic mass is 10.4. The van der Waals surface area contributed by atoms with Gasteiger partial charge in [0.05, 0.1) is 4.21 Å². The van der Waals surface area contributed by atoms with Crippen LogP contribution in [0.4, 0.5) is 0 Å². The molecule has 0 amide bonds. The van der Waals surface area contributed by atoms with Crippen molar-refractivity contribution in [2.24, 2.45) is 0 Å². The van der Waals surface area contributed by atoms with Crippen LogP contribution in [-0.4, -0.2) is 6.29 Å². The zero-order chi connectivity index (χ0) is 5.98. The van der Waals surface area contributed by atoms with Gasteiger partial charge in [0.1, 0.15) is 0 Å². The van der Waals surface area contributed by atoms with Gasteiger partial charge in [-0.25, -0.2) is 0 Å². The monoisotopic (exact) mass is 144 g/mol. The van der Waals surface area contributed by atoms with Crippen LogP contribution in [0.1, 0.15) is 10.4 Å². The number of rotatable bonds is 1. The molecule has 1 aromatic rings. The molecule has 0 aromatic carbocycles. The van der Waals surface area contributed by atoms with Gasteiger partial charge >= 0.3 is 0 Å². The maximum absolute atomic E-state index is 9.99. The van der Waals surface area contributed by atoms with Crippen molar-refractivity contribution < 1.29 is 4.79 Å². The summed E-state index contributed by atoms with van der Waals surface area (Å²) in [6.45, 7) is 0. The minimum Gasteiger partial charge on any atom is -0.298 e. The predicted octanol–water partition coefficient (Wildman–Crippen LogP) is 1.85. The van der Waals surface area contributed by atoms with Crippen molar-refractivity contribution in [3.05, 3.63) is 17.0 Å². The molecular weight excluding hydrogens is 140 g/mol. The zero-order valence-electron chi connectivity index (χ0n) is 4.00. The van der Waals surface area contributed by atoms with Crippen molar-refractivity contribution in [3.8, 4) is 0 Å². The fraction of sp³-hybridized carbons (Fsp3) is 0. The molecule has 0 unspecified atom stereocenters. The number of thiophene rings is 1. The Balaban J connectivity index is 3.00. The van der Waals surface area contributed by atoms with E-state index in [4.69, 9.17) is 0 Å². The fourth-order valence-electron chi connectivity index (χ4n) is 0.401. The van der Waals surface area contributed by atoms with Crippen LogP contribution in [-0.2, 0) is 0 Å². The number of hydrogen-bond acceptors (Lipinski definition) is 3. The van der Waals surface area contributed by atoms with Crippen molar-refractivity contribution in [1.29, 1.82) is 0 Å². The van der Waals surface area contributed by atoms with E-state index in [1.165, 1.54) is 11.3 Å². The van der Waals surface area contributed by atoms with E-state index in [0.717, 1.165) is 10.5 Å². The number of aldehydes is 1. The second kappa shape index (κ2) is 2.33. The second-order valence-electron chi connectivity index (χ2n) is 1.34. The zero-order valence-corrected chi connectivity index (χ0v) is 5.71. The van der Waals surface area contributed by atoms with Gasteiger partial charge in [-0.1, -0.05) is 0 Å². The van der Waals surface area contributed by atoms with E-state index in [1.54, 1.807) is 11.4 Å². The van der Waals surface area contributed by atoms with E-state index in [9.17, 15) is 4.79 Å². The first-order valence-corrected chi connectivity index (χ1v) is 3.38. The summed E-state index contributed by atoms with van der Waals surface area (Å²) in [5, 5.41) is 1.77. The summed E-state index contributed by atoms with van der Waals surface area (Å²) in [4.78, 5) is 9.99. The van der Waals surface area contributed by atoms with Gasteiger partial charge in [-0.2, -0.15) is 0 Å². The third-order valence-corrected chi connectivity index (χ3v) is 1.94. The molecule has 1 rings (SSSR count). The van der Waals surface area contributed by atoms with Crippen molar-refractivity contribution in [1.82, 2.24) is 0 Å². The topological polar surface area (TPSA) is 17.1 Å². The Kier molecular flexibility index (Phi) is 1.70. The van der Waals surface area contributed by atoms with Crippen LogP contribution in [0.3, 0.4) is 0 Å². The second-order valence-corrected chi connectivity index (χ2v) is 3.03. The molecule has 0 bridgehead atoms. The average Bonchev–Trinajstić information content (AvgIpc) is 2.14. The molecule has 0 spiro atoms. The summed E-state index contributed by atoms with van der Waals surface area (Å²) in [5.41, 5.74) is 0.708. The summed E-state index contributed by atoms with van der Waals surface area (Å²) < 4.78 is 0.882. The summed E-state index contributed by atoms with van der Waals surface area (Å²) in [6, 6.07) is 1.74. The van der Waals surface area contributed by atoms with Crippen LogP contribution in [0.2, 0.25) is 0 Å². The molecule has 0 fully saturated rings. The van der Waals surface area contributed by atoms with Gasteiger partial charge in [0.25, 0.3) is 0 Å². The molecule has 1 nitrogen and oxygen atoms in total. The fourth-order valence-corrected chi connectivity index (χ4v) is 1.29. The summed E-state index contributed by atoms with van der Waals surface area (Å²) in [5.74, 6) is 0. The molecule has 1 aromatic heterocycles. The molecule has 0 saturated carbocycles.